The Kier molecular flexibility index (Phi) is 9.11. The Labute approximate surface area is 213 Å². The second-order valence-electron chi connectivity index (χ2n) is 7.73. The molecule has 0 aromatic heterocycles. The van der Waals surface area contributed by atoms with E-state index < -0.39 is 18.5 Å². The molecule has 0 saturated heterocycles. The highest BCUT2D eigenvalue weighted by atomic mass is 35.5. The lowest BCUT2D eigenvalue weighted by atomic mass is 10.1. The molecule has 0 radical (unpaired) electrons. The Morgan fingerprint density at radius 3 is 2.17 bits per heavy atom. The lowest BCUT2D eigenvalue weighted by Gasteiger charge is -2.11. The van der Waals surface area contributed by atoms with Crippen LogP contribution in [-0.4, -0.2) is 24.4 Å². The van der Waals surface area contributed by atoms with Gasteiger partial charge in [0.05, 0.1) is 11.4 Å². The Balaban J connectivity index is 1.40. The third-order valence-corrected chi connectivity index (χ3v) is 5.46. The fourth-order valence-corrected chi connectivity index (χ4v) is 3.58. The Morgan fingerprint density at radius 1 is 0.829 bits per heavy atom. The number of carbonyl (C=O) groups is 3. The maximum atomic E-state index is 12.2. The second-order valence-corrected chi connectivity index (χ2v) is 8.57. The highest BCUT2D eigenvalue weighted by Gasteiger charge is 2.13. The van der Waals surface area contributed by atoms with E-state index in [9.17, 15) is 14.4 Å². The molecule has 0 aliphatic heterocycles. The van der Waals surface area contributed by atoms with Gasteiger partial charge in [-0.05, 0) is 67.4 Å². The molecule has 3 aromatic carbocycles. The maximum Gasteiger partial charge on any atom is 0.306 e. The third-order valence-electron chi connectivity index (χ3n) is 4.93. The van der Waals surface area contributed by atoms with E-state index in [2.05, 4.69) is 10.6 Å². The van der Waals surface area contributed by atoms with Crippen molar-refractivity contribution in [3.63, 3.8) is 0 Å². The van der Waals surface area contributed by atoms with Gasteiger partial charge in [0.25, 0.3) is 5.91 Å². The number of ether oxygens (including phenoxy) is 2. The molecule has 2 amide bonds. The summed E-state index contributed by atoms with van der Waals surface area (Å²) in [6, 6.07) is 17.2. The normalized spacial score (nSPS) is 10.4. The Bertz CT molecular complexity index is 1210. The monoisotopic (exact) mass is 514 g/mol. The van der Waals surface area contributed by atoms with Crippen LogP contribution in [0.5, 0.6) is 11.5 Å². The topological polar surface area (TPSA) is 93.7 Å². The number of rotatable bonds is 9. The van der Waals surface area contributed by atoms with Gasteiger partial charge in [0, 0.05) is 22.8 Å². The number of carbonyl (C=O) groups excluding carboxylic acids is 3. The van der Waals surface area contributed by atoms with Gasteiger partial charge in [-0.3, -0.25) is 14.4 Å². The number of para-hydroxylation sites is 1. The summed E-state index contributed by atoms with van der Waals surface area (Å²) < 4.78 is 10.7. The summed E-state index contributed by atoms with van der Waals surface area (Å²) in [4.78, 5) is 36.2. The van der Waals surface area contributed by atoms with E-state index in [1.807, 2.05) is 32.0 Å². The molecule has 0 fully saturated rings. The molecule has 0 aliphatic rings. The van der Waals surface area contributed by atoms with Crippen molar-refractivity contribution in [2.24, 2.45) is 0 Å². The number of halogens is 2. The number of hydrogen-bond donors (Lipinski definition) is 2. The van der Waals surface area contributed by atoms with E-state index in [-0.39, 0.29) is 18.7 Å². The lowest BCUT2D eigenvalue weighted by Crippen LogP contribution is -2.22. The third kappa shape index (κ3) is 8.02. The summed E-state index contributed by atoms with van der Waals surface area (Å²) in [5.41, 5.74) is 3.05. The summed E-state index contributed by atoms with van der Waals surface area (Å²) >= 11 is 12.0. The number of anilines is 2. The van der Waals surface area contributed by atoms with Gasteiger partial charge in [-0.15, -0.1) is 0 Å². The van der Waals surface area contributed by atoms with Crippen LogP contribution in [0.2, 0.25) is 10.0 Å². The molecule has 35 heavy (non-hydrogen) atoms. The van der Waals surface area contributed by atoms with Gasteiger partial charge in [-0.2, -0.15) is 0 Å². The molecule has 7 nitrogen and oxygen atoms in total. The number of amides is 2. The first-order chi connectivity index (χ1) is 16.7. The summed E-state index contributed by atoms with van der Waals surface area (Å²) in [7, 11) is 0. The molecule has 2 N–H and O–H groups in total. The minimum absolute atomic E-state index is 0.0873. The highest BCUT2D eigenvalue weighted by molar-refractivity contribution is 6.35. The van der Waals surface area contributed by atoms with Crippen LogP contribution >= 0.6 is 23.2 Å². The van der Waals surface area contributed by atoms with Crippen LogP contribution in [0, 0.1) is 13.8 Å². The minimum Gasteiger partial charge on any atom is -0.456 e. The molecule has 0 spiro atoms. The van der Waals surface area contributed by atoms with Crippen molar-refractivity contribution in [2.45, 2.75) is 26.7 Å². The van der Waals surface area contributed by atoms with Crippen molar-refractivity contribution in [3.8, 4) is 11.5 Å². The molecule has 0 bridgehead atoms. The van der Waals surface area contributed by atoms with Crippen LogP contribution in [0.1, 0.15) is 24.0 Å². The molecule has 0 unspecified atom stereocenters. The first-order valence-electron chi connectivity index (χ1n) is 10.8. The van der Waals surface area contributed by atoms with E-state index in [1.54, 1.807) is 42.5 Å². The maximum absolute atomic E-state index is 12.2. The molecule has 0 aliphatic carbocycles. The number of hydrogen-bond acceptors (Lipinski definition) is 5. The van der Waals surface area contributed by atoms with Crippen LogP contribution in [0.15, 0.2) is 60.7 Å². The molecule has 3 rings (SSSR count). The molecular formula is C26H24Cl2N2O5. The van der Waals surface area contributed by atoms with Crippen molar-refractivity contribution in [2.75, 3.05) is 17.2 Å². The number of benzene rings is 3. The predicted octanol–water partition coefficient (Wildman–Crippen LogP) is 6.30. The second kappa shape index (κ2) is 12.2. The zero-order chi connectivity index (χ0) is 25.4. The van der Waals surface area contributed by atoms with Gasteiger partial charge in [0.1, 0.15) is 11.5 Å². The van der Waals surface area contributed by atoms with E-state index in [4.69, 9.17) is 32.7 Å². The first kappa shape index (κ1) is 26.1. The average Bonchev–Trinajstić information content (AvgIpc) is 2.82. The standard InChI is InChI=1S/C26H24Cl2N2O5/c1-16-4-3-5-17(2)26(16)30-24(32)15-34-25(33)13-12-23(31)29-19-7-9-20(10-8-19)35-22-11-6-18(27)14-21(22)28/h3-11,14H,12-13,15H2,1-2H3,(H,29,31)(H,30,32). The fourth-order valence-electron chi connectivity index (χ4n) is 3.14. The van der Waals surface area contributed by atoms with Crippen molar-refractivity contribution >= 4 is 52.4 Å². The van der Waals surface area contributed by atoms with Crippen LogP contribution in [0.4, 0.5) is 11.4 Å². The predicted molar refractivity (Wildman–Crippen MR) is 136 cm³/mol. The van der Waals surface area contributed by atoms with E-state index in [0.717, 1.165) is 11.1 Å². The summed E-state index contributed by atoms with van der Waals surface area (Å²) in [5.74, 6) is -0.469. The van der Waals surface area contributed by atoms with Gasteiger partial charge in [-0.25, -0.2) is 0 Å². The van der Waals surface area contributed by atoms with Crippen molar-refractivity contribution < 1.29 is 23.9 Å². The molecule has 182 valence electrons. The number of aryl methyl sites for hydroxylation is 2. The fraction of sp³-hybridized carbons (Fsp3) is 0.192. The molecule has 9 heteroatoms. The summed E-state index contributed by atoms with van der Waals surface area (Å²) in [6.07, 6.45) is -0.241. The van der Waals surface area contributed by atoms with Crippen LogP contribution < -0.4 is 15.4 Å². The van der Waals surface area contributed by atoms with Crippen LogP contribution in [0.3, 0.4) is 0 Å². The van der Waals surface area contributed by atoms with Gasteiger partial charge in [0.15, 0.2) is 6.61 Å². The highest BCUT2D eigenvalue weighted by Crippen LogP contribution is 2.32. The molecule has 3 aromatic rings. The number of nitrogens with one attached hydrogen (secondary N) is 2. The first-order valence-corrected chi connectivity index (χ1v) is 11.5. The lowest BCUT2D eigenvalue weighted by molar-refractivity contribution is -0.147. The quantitative estimate of drug-likeness (QED) is 0.326. The zero-order valence-electron chi connectivity index (χ0n) is 19.2. The van der Waals surface area contributed by atoms with Gasteiger partial charge in [-0.1, -0.05) is 41.4 Å². The van der Waals surface area contributed by atoms with Crippen LogP contribution in [0.25, 0.3) is 0 Å². The molecule has 0 saturated carbocycles. The molecule has 0 atom stereocenters. The van der Waals surface area contributed by atoms with Crippen molar-refractivity contribution in [1.82, 2.24) is 0 Å². The number of esters is 1. The Hall–Kier alpha value is -3.55. The van der Waals surface area contributed by atoms with Gasteiger partial charge in [0.2, 0.25) is 5.91 Å². The van der Waals surface area contributed by atoms with Crippen molar-refractivity contribution in [1.29, 1.82) is 0 Å². The van der Waals surface area contributed by atoms with Crippen LogP contribution in [-0.2, 0) is 19.1 Å². The molecular weight excluding hydrogens is 491 g/mol. The minimum atomic E-state index is -0.639. The smallest absolute Gasteiger partial charge is 0.306 e. The van der Waals surface area contributed by atoms with Crippen molar-refractivity contribution in [3.05, 3.63) is 81.8 Å². The largest absolute Gasteiger partial charge is 0.456 e. The molecule has 0 heterocycles. The van der Waals surface area contributed by atoms with Gasteiger partial charge < -0.3 is 20.1 Å². The van der Waals surface area contributed by atoms with E-state index >= 15 is 0 Å². The summed E-state index contributed by atoms with van der Waals surface area (Å²) in [6.45, 7) is 3.33. The van der Waals surface area contributed by atoms with Gasteiger partial charge >= 0.3 is 5.97 Å². The SMILES string of the molecule is Cc1cccc(C)c1NC(=O)COC(=O)CCC(=O)Nc1ccc(Oc2ccc(Cl)cc2Cl)cc1. The van der Waals surface area contributed by atoms with E-state index in [1.165, 1.54) is 0 Å². The summed E-state index contributed by atoms with van der Waals surface area (Å²) in [5, 5.41) is 6.31. The Morgan fingerprint density at radius 2 is 1.51 bits per heavy atom. The van der Waals surface area contributed by atoms with E-state index in [0.29, 0.717) is 32.9 Å². The zero-order valence-corrected chi connectivity index (χ0v) is 20.7. The average molecular weight is 515 g/mol.